The molecule has 0 radical (unpaired) electrons. The third-order valence-electron chi connectivity index (χ3n) is 4.81. The maximum Gasteiger partial charge on any atom is 0.254 e. The van der Waals surface area contributed by atoms with Crippen molar-refractivity contribution in [1.82, 2.24) is 24.5 Å². The fourth-order valence-electron chi connectivity index (χ4n) is 3.52. The number of nitrogens with zero attached hydrogens (tertiary/aromatic N) is 5. The van der Waals surface area contributed by atoms with Crippen LogP contribution in [0.3, 0.4) is 0 Å². The summed E-state index contributed by atoms with van der Waals surface area (Å²) in [4.78, 5) is 14.9. The molecule has 1 aromatic carbocycles. The van der Waals surface area contributed by atoms with E-state index in [1.165, 1.54) is 0 Å². The lowest BCUT2D eigenvalue weighted by molar-refractivity contribution is 0.0735. The molecule has 3 aromatic rings. The molecule has 1 aliphatic rings. The van der Waals surface area contributed by atoms with Crippen molar-refractivity contribution in [2.45, 2.75) is 25.8 Å². The second-order valence-electron chi connectivity index (χ2n) is 6.54. The van der Waals surface area contributed by atoms with Gasteiger partial charge in [-0.1, -0.05) is 0 Å². The molecule has 1 fully saturated rings. The first-order chi connectivity index (χ1) is 12.1. The molecule has 0 spiro atoms. The van der Waals surface area contributed by atoms with Crippen LogP contribution in [0.2, 0.25) is 0 Å². The molecule has 0 N–H and O–H groups in total. The average Bonchev–Trinajstić information content (AvgIpc) is 3.34. The summed E-state index contributed by atoms with van der Waals surface area (Å²) >= 11 is 0. The maximum atomic E-state index is 13.0. The van der Waals surface area contributed by atoms with Gasteiger partial charge in [0.2, 0.25) is 0 Å². The topological polar surface area (TPSA) is 56.0 Å². The van der Waals surface area contributed by atoms with E-state index in [2.05, 4.69) is 10.2 Å². The van der Waals surface area contributed by atoms with Gasteiger partial charge in [-0.3, -0.25) is 9.48 Å². The highest BCUT2D eigenvalue weighted by molar-refractivity contribution is 5.94. The molecule has 0 saturated carbocycles. The Labute approximate surface area is 146 Å². The number of benzene rings is 1. The molecule has 128 valence electrons. The zero-order chi connectivity index (χ0) is 17.4. The van der Waals surface area contributed by atoms with Crippen LogP contribution >= 0.6 is 0 Å². The molecule has 4 rings (SSSR count). The molecule has 1 unspecified atom stereocenters. The van der Waals surface area contributed by atoms with Crippen molar-refractivity contribution >= 4 is 5.91 Å². The van der Waals surface area contributed by atoms with E-state index in [0.717, 1.165) is 36.3 Å². The summed E-state index contributed by atoms with van der Waals surface area (Å²) in [7, 11) is 1.90. The Kier molecular flexibility index (Phi) is 3.87. The quantitative estimate of drug-likeness (QED) is 0.739. The van der Waals surface area contributed by atoms with Gasteiger partial charge in [-0.15, -0.1) is 0 Å². The number of aryl methyl sites for hydroxylation is 2. The van der Waals surface area contributed by atoms with Gasteiger partial charge in [-0.25, -0.2) is 4.68 Å². The molecular weight excluding hydrogens is 314 g/mol. The number of likely N-dealkylation sites (tertiary alicyclic amines) is 1. The van der Waals surface area contributed by atoms with E-state index in [1.807, 2.05) is 66.3 Å². The molecule has 1 amide bonds. The lowest BCUT2D eigenvalue weighted by atomic mass is 10.1. The first-order valence-corrected chi connectivity index (χ1v) is 8.54. The molecule has 6 heteroatoms. The van der Waals surface area contributed by atoms with Crippen molar-refractivity contribution < 1.29 is 4.79 Å². The van der Waals surface area contributed by atoms with E-state index >= 15 is 0 Å². The summed E-state index contributed by atoms with van der Waals surface area (Å²) in [5, 5.41) is 8.55. The van der Waals surface area contributed by atoms with Crippen LogP contribution < -0.4 is 0 Å². The maximum absolute atomic E-state index is 13.0. The molecule has 0 aliphatic carbocycles. The highest BCUT2D eigenvalue weighted by Gasteiger charge is 2.31. The summed E-state index contributed by atoms with van der Waals surface area (Å²) in [6.45, 7) is 2.80. The smallest absolute Gasteiger partial charge is 0.254 e. The normalized spacial score (nSPS) is 17.2. The lowest BCUT2D eigenvalue weighted by Crippen LogP contribution is -2.30. The molecule has 2 aromatic heterocycles. The molecule has 3 heterocycles. The van der Waals surface area contributed by atoms with Gasteiger partial charge >= 0.3 is 0 Å². The van der Waals surface area contributed by atoms with E-state index < -0.39 is 0 Å². The van der Waals surface area contributed by atoms with E-state index in [9.17, 15) is 4.79 Å². The Morgan fingerprint density at radius 3 is 2.60 bits per heavy atom. The first kappa shape index (κ1) is 15.6. The average molecular weight is 335 g/mol. The summed E-state index contributed by atoms with van der Waals surface area (Å²) in [6, 6.07) is 9.75. The lowest BCUT2D eigenvalue weighted by Gasteiger charge is -2.24. The van der Waals surface area contributed by atoms with Gasteiger partial charge in [0.1, 0.15) is 0 Å². The molecule has 0 bridgehead atoms. The highest BCUT2D eigenvalue weighted by Crippen LogP contribution is 2.32. The van der Waals surface area contributed by atoms with Crippen LogP contribution in [0, 0.1) is 6.92 Å². The Bertz CT molecular complexity index is 893. The zero-order valence-electron chi connectivity index (χ0n) is 14.5. The number of rotatable bonds is 3. The summed E-state index contributed by atoms with van der Waals surface area (Å²) < 4.78 is 3.65. The third-order valence-corrected chi connectivity index (χ3v) is 4.81. The van der Waals surface area contributed by atoms with Crippen molar-refractivity contribution in [2.24, 2.45) is 7.05 Å². The number of carbonyl (C=O) groups is 1. The van der Waals surface area contributed by atoms with Crippen LogP contribution in [-0.4, -0.2) is 36.9 Å². The van der Waals surface area contributed by atoms with Crippen LogP contribution in [0.1, 0.15) is 40.5 Å². The molecular formula is C19H21N5O. The van der Waals surface area contributed by atoms with Crippen LogP contribution in [0.15, 0.2) is 48.9 Å². The molecule has 1 aliphatic heterocycles. The molecule has 25 heavy (non-hydrogen) atoms. The molecule has 1 saturated heterocycles. The predicted octanol–water partition coefficient (Wildman–Crippen LogP) is 2.89. The minimum absolute atomic E-state index is 0.0788. The number of hydrogen-bond acceptors (Lipinski definition) is 3. The largest absolute Gasteiger partial charge is 0.331 e. The zero-order valence-corrected chi connectivity index (χ0v) is 14.5. The van der Waals surface area contributed by atoms with Crippen molar-refractivity contribution in [2.75, 3.05) is 6.54 Å². The van der Waals surface area contributed by atoms with Crippen LogP contribution in [0.4, 0.5) is 0 Å². The van der Waals surface area contributed by atoms with Crippen LogP contribution in [0.5, 0.6) is 0 Å². The van der Waals surface area contributed by atoms with Gasteiger partial charge in [0.15, 0.2) is 0 Å². The fourth-order valence-corrected chi connectivity index (χ4v) is 3.52. The van der Waals surface area contributed by atoms with Gasteiger partial charge < -0.3 is 4.90 Å². The number of amides is 1. The van der Waals surface area contributed by atoms with E-state index in [1.54, 1.807) is 10.9 Å². The van der Waals surface area contributed by atoms with Gasteiger partial charge in [-0.2, -0.15) is 10.2 Å². The number of hydrogen-bond donors (Lipinski definition) is 0. The van der Waals surface area contributed by atoms with E-state index in [0.29, 0.717) is 5.56 Å². The van der Waals surface area contributed by atoms with Crippen molar-refractivity contribution in [1.29, 1.82) is 0 Å². The minimum Gasteiger partial charge on any atom is -0.331 e. The Morgan fingerprint density at radius 1 is 1.16 bits per heavy atom. The first-order valence-electron chi connectivity index (χ1n) is 8.54. The molecule has 6 nitrogen and oxygen atoms in total. The van der Waals surface area contributed by atoms with Crippen LogP contribution in [-0.2, 0) is 7.05 Å². The standard InChI is InChI=1S/C19H21N5O/c1-14-9-10-20-24(14)17-7-5-15(6-8-17)19(25)23-11-3-4-18(23)16-12-21-22(2)13-16/h5-10,12-13,18H,3-4,11H2,1-2H3. The van der Waals surface area contributed by atoms with Crippen molar-refractivity contribution in [3.05, 3.63) is 65.7 Å². The minimum atomic E-state index is 0.0788. The Hall–Kier alpha value is -2.89. The SMILES string of the molecule is Cc1ccnn1-c1ccc(C(=O)N2CCCC2c2cnn(C)c2)cc1. The Morgan fingerprint density at radius 2 is 1.96 bits per heavy atom. The van der Waals surface area contributed by atoms with Crippen molar-refractivity contribution in [3.8, 4) is 5.69 Å². The third kappa shape index (κ3) is 2.84. The predicted molar refractivity (Wildman–Crippen MR) is 94.5 cm³/mol. The van der Waals surface area contributed by atoms with E-state index in [4.69, 9.17) is 0 Å². The van der Waals surface area contributed by atoms with Gasteiger partial charge in [0.05, 0.1) is 17.9 Å². The summed E-state index contributed by atoms with van der Waals surface area (Å²) in [6.07, 6.45) is 7.65. The number of carbonyl (C=O) groups excluding carboxylic acids is 1. The van der Waals surface area contributed by atoms with Gasteiger partial charge in [0, 0.05) is 42.8 Å². The van der Waals surface area contributed by atoms with Crippen LogP contribution in [0.25, 0.3) is 5.69 Å². The van der Waals surface area contributed by atoms with Crippen molar-refractivity contribution in [3.63, 3.8) is 0 Å². The second kappa shape index (κ2) is 6.20. The highest BCUT2D eigenvalue weighted by atomic mass is 16.2. The monoisotopic (exact) mass is 335 g/mol. The fraction of sp³-hybridized carbons (Fsp3) is 0.316. The summed E-state index contributed by atoms with van der Waals surface area (Å²) in [5.41, 5.74) is 3.85. The Balaban J connectivity index is 1.57. The number of aromatic nitrogens is 4. The second-order valence-corrected chi connectivity index (χ2v) is 6.54. The van der Waals surface area contributed by atoms with Gasteiger partial charge in [0.25, 0.3) is 5.91 Å². The van der Waals surface area contributed by atoms with Gasteiger partial charge in [-0.05, 0) is 50.1 Å². The molecule has 1 atom stereocenters. The summed E-state index contributed by atoms with van der Waals surface area (Å²) in [5.74, 6) is 0.0788. The van der Waals surface area contributed by atoms with E-state index in [-0.39, 0.29) is 11.9 Å².